The van der Waals surface area contributed by atoms with Crippen LogP contribution in [-0.4, -0.2) is 29.6 Å². The van der Waals surface area contributed by atoms with Crippen LogP contribution in [0.1, 0.15) is 18.3 Å². The molecule has 0 heterocycles. The Morgan fingerprint density at radius 3 is 2.67 bits per heavy atom. The maximum atomic E-state index is 10.5. The quantitative estimate of drug-likeness (QED) is 0.299. The lowest BCUT2D eigenvalue weighted by Crippen LogP contribution is -2.30. The highest BCUT2D eigenvalue weighted by Gasteiger charge is 2.09. The standard InChI is InChI=1S/C6H14N4O2/c7-4(5(11)12)2-1-3-10-6(8)9/h4H,1-3,7H2,(H,11,12)(H4,8,9,10)/t4-/m0/s1/i1D2,2D,3D/t2-,3-,4-. The highest BCUT2D eigenvalue weighted by Crippen LogP contribution is 1.94. The first-order valence-electron chi connectivity index (χ1n) is 5.17. The van der Waals surface area contributed by atoms with Gasteiger partial charge in [-0.05, 0) is 12.8 Å². The maximum Gasteiger partial charge on any atom is 0.320 e. The number of aliphatic imine (C=N–C) groups is 1. The second-order valence-corrected chi connectivity index (χ2v) is 1.88. The molecule has 0 bridgehead atoms. The van der Waals surface area contributed by atoms with Gasteiger partial charge in [0.05, 0.1) is 1.37 Å². The number of hydrogen-bond donors (Lipinski definition) is 4. The Bertz CT molecular complexity index is 294. The van der Waals surface area contributed by atoms with E-state index in [4.69, 9.17) is 27.8 Å². The summed E-state index contributed by atoms with van der Waals surface area (Å²) in [7, 11) is 0. The first-order valence-corrected chi connectivity index (χ1v) is 3.02. The van der Waals surface area contributed by atoms with Crippen molar-refractivity contribution in [2.24, 2.45) is 22.2 Å². The molecule has 70 valence electrons. The van der Waals surface area contributed by atoms with Gasteiger partial charge in [-0.1, -0.05) is 0 Å². The molecule has 0 rings (SSSR count). The summed E-state index contributed by atoms with van der Waals surface area (Å²) in [6.45, 7) is -1.80. The minimum Gasteiger partial charge on any atom is -0.480 e. The Morgan fingerprint density at radius 1 is 1.67 bits per heavy atom. The van der Waals surface area contributed by atoms with E-state index in [1.165, 1.54) is 0 Å². The first-order chi connectivity index (χ1) is 7.10. The van der Waals surface area contributed by atoms with Gasteiger partial charge in [0.2, 0.25) is 0 Å². The van der Waals surface area contributed by atoms with E-state index in [9.17, 15) is 4.79 Å². The Morgan fingerprint density at radius 2 is 2.25 bits per heavy atom. The lowest BCUT2D eigenvalue weighted by Gasteiger charge is -2.03. The lowest BCUT2D eigenvalue weighted by molar-refractivity contribution is -0.138. The van der Waals surface area contributed by atoms with E-state index < -0.39 is 37.3 Å². The van der Waals surface area contributed by atoms with Crippen molar-refractivity contribution in [2.45, 2.75) is 18.8 Å². The minimum atomic E-state index is -2.57. The Hall–Kier alpha value is -1.30. The molecule has 0 aliphatic carbocycles. The number of nitrogens with zero attached hydrogens (tertiary/aromatic N) is 1. The van der Waals surface area contributed by atoms with E-state index in [1.807, 2.05) is 0 Å². The molecule has 0 aliphatic rings. The Kier molecular flexibility index (Phi) is 2.40. The molecule has 6 heteroatoms. The normalized spacial score (nSPS) is 23.4. The van der Waals surface area contributed by atoms with Crippen molar-refractivity contribution >= 4 is 11.9 Å². The molecular weight excluding hydrogens is 160 g/mol. The molecular formula is C6H14N4O2. The van der Waals surface area contributed by atoms with Gasteiger partial charge < -0.3 is 22.3 Å². The van der Waals surface area contributed by atoms with Crippen LogP contribution in [0.4, 0.5) is 0 Å². The molecule has 0 fully saturated rings. The average molecular weight is 178 g/mol. The highest BCUT2D eigenvalue weighted by atomic mass is 16.4. The van der Waals surface area contributed by atoms with Gasteiger partial charge in [0, 0.05) is 10.6 Å². The largest absolute Gasteiger partial charge is 0.480 e. The molecule has 0 aromatic rings. The number of carboxylic acid groups (broad SMARTS) is 1. The summed E-state index contributed by atoms with van der Waals surface area (Å²) >= 11 is 0. The molecule has 3 atom stereocenters. The molecule has 6 nitrogen and oxygen atoms in total. The molecule has 0 radical (unpaired) electrons. The summed E-state index contributed by atoms with van der Waals surface area (Å²) in [4.78, 5) is 13.7. The molecule has 0 saturated heterocycles. The van der Waals surface area contributed by atoms with Crippen LogP contribution in [-0.2, 0) is 4.79 Å². The van der Waals surface area contributed by atoms with Gasteiger partial charge >= 0.3 is 5.97 Å². The molecule has 0 aromatic carbocycles. The predicted octanol–water partition coefficient (Wildman–Crippen LogP) is -1.55. The second-order valence-electron chi connectivity index (χ2n) is 1.88. The fraction of sp³-hybridized carbons (Fsp3) is 0.667. The Labute approximate surface area is 76.1 Å². The fourth-order valence-corrected chi connectivity index (χ4v) is 0.330. The molecule has 0 saturated carbocycles. The van der Waals surface area contributed by atoms with Gasteiger partial charge in [-0.2, -0.15) is 0 Å². The summed E-state index contributed by atoms with van der Waals surface area (Å²) in [5.74, 6) is -2.04. The van der Waals surface area contributed by atoms with Gasteiger partial charge in [0.25, 0.3) is 0 Å². The van der Waals surface area contributed by atoms with Crippen LogP contribution in [0.5, 0.6) is 0 Å². The van der Waals surface area contributed by atoms with E-state index in [-0.39, 0.29) is 0 Å². The van der Waals surface area contributed by atoms with Crippen molar-refractivity contribution in [3.63, 3.8) is 0 Å². The smallest absolute Gasteiger partial charge is 0.320 e. The summed E-state index contributed by atoms with van der Waals surface area (Å²) in [5.41, 5.74) is 15.0. The Balaban J connectivity index is 4.90. The number of carbonyl (C=O) groups is 1. The molecule has 0 unspecified atom stereocenters. The average Bonchev–Trinajstić information content (AvgIpc) is 2.14. The van der Waals surface area contributed by atoms with Crippen LogP contribution in [0, 0.1) is 0 Å². The number of hydrogen-bond acceptors (Lipinski definition) is 3. The number of rotatable bonds is 5. The molecule has 12 heavy (non-hydrogen) atoms. The third-order valence-electron chi connectivity index (χ3n) is 0.849. The fourth-order valence-electron chi connectivity index (χ4n) is 0.330. The summed E-state index contributed by atoms with van der Waals surface area (Å²) in [5, 5.41) is 8.52. The van der Waals surface area contributed by atoms with Gasteiger partial charge in [0.15, 0.2) is 5.96 Å². The van der Waals surface area contributed by atoms with Crippen LogP contribution < -0.4 is 17.2 Å². The van der Waals surface area contributed by atoms with E-state index >= 15 is 0 Å². The number of guanidine groups is 1. The number of aliphatic carboxylic acids is 1. The number of carboxylic acids is 1. The summed E-state index contributed by atoms with van der Waals surface area (Å²) < 4.78 is 29.4. The SMILES string of the molecule is [2H][C@H](N=C(N)N)C([2H])([2H])[C@H]([2H])[C@H](N)C(=O)O. The minimum absolute atomic E-state index is 0.514. The zero-order valence-corrected chi connectivity index (χ0v) is 6.27. The lowest BCUT2D eigenvalue weighted by atomic mass is 10.2. The van der Waals surface area contributed by atoms with Crippen molar-refractivity contribution in [3.8, 4) is 0 Å². The molecule has 7 N–H and O–H groups in total. The van der Waals surface area contributed by atoms with Crippen LogP contribution in [0.25, 0.3) is 0 Å². The molecule has 0 spiro atoms. The summed E-state index contributed by atoms with van der Waals surface area (Å²) in [6.07, 6.45) is -4.42. The van der Waals surface area contributed by atoms with E-state index in [0.29, 0.717) is 0 Å². The zero-order valence-electron chi connectivity index (χ0n) is 10.3. The van der Waals surface area contributed by atoms with Crippen molar-refractivity contribution in [1.29, 1.82) is 0 Å². The van der Waals surface area contributed by atoms with E-state index in [2.05, 4.69) is 4.99 Å². The zero-order chi connectivity index (χ0) is 13.1. The predicted molar refractivity (Wildman–Crippen MR) is 45.5 cm³/mol. The van der Waals surface area contributed by atoms with Crippen LogP contribution in [0.15, 0.2) is 4.99 Å². The third-order valence-corrected chi connectivity index (χ3v) is 0.849. The molecule has 0 amide bonds. The van der Waals surface area contributed by atoms with Gasteiger partial charge in [-0.3, -0.25) is 9.79 Å². The van der Waals surface area contributed by atoms with E-state index in [1.54, 1.807) is 0 Å². The van der Waals surface area contributed by atoms with Crippen LogP contribution in [0.3, 0.4) is 0 Å². The second kappa shape index (κ2) is 5.36. The maximum absolute atomic E-state index is 10.5. The molecule has 0 aromatic heterocycles. The monoisotopic (exact) mass is 178 g/mol. The third kappa shape index (κ3) is 5.48. The topological polar surface area (TPSA) is 128 Å². The van der Waals surface area contributed by atoms with Gasteiger partial charge in [-0.25, -0.2) is 0 Å². The van der Waals surface area contributed by atoms with Crippen molar-refractivity contribution in [3.05, 3.63) is 0 Å². The van der Waals surface area contributed by atoms with Crippen molar-refractivity contribution in [1.82, 2.24) is 0 Å². The number of nitrogens with two attached hydrogens (primary N) is 3. The van der Waals surface area contributed by atoms with Crippen molar-refractivity contribution in [2.75, 3.05) is 6.52 Å². The van der Waals surface area contributed by atoms with Crippen molar-refractivity contribution < 1.29 is 15.4 Å². The van der Waals surface area contributed by atoms with E-state index in [0.717, 1.165) is 0 Å². The van der Waals surface area contributed by atoms with Crippen LogP contribution >= 0.6 is 0 Å². The van der Waals surface area contributed by atoms with Gasteiger partial charge in [0.1, 0.15) is 6.04 Å². The van der Waals surface area contributed by atoms with Gasteiger partial charge in [-0.15, -0.1) is 0 Å². The van der Waals surface area contributed by atoms with Crippen LogP contribution in [0.2, 0.25) is 0 Å². The first kappa shape index (κ1) is 5.36. The molecule has 0 aliphatic heterocycles. The summed E-state index contributed by atoms with van der Waals surface area (Å²) in [6, 6.07) is -1.75. The highest BCUT2D eigenvalue weighted by molar-refractivity contribution is 5.75.